The molecule has 0 unspecified atom stereocenters. The van der Waals surface area contributed by atoms with Gasteiger partial charge in [0.25, 0.3) is 0 Å². The quantitative estimate of drug-likeness (QED) is 0.891. The number of hydrogen-bond acceptors (Lipinski definition) is 2. The van der Waals surface area contributed by atoms with Gasteiger partial charge in [0.05, 0.1) is 6.54 Å². The van der Waals surface area contributed by atoms with E-state index in [0.29, 0.717) is 6.54 Å². The van der Waals surface area contributed by atoms with Crippen molar-refractivity contribution in [2.75, 3.05) is 11.9 Å². The van der Waals surface area contributed by atoms with Crippen LogP contribution in [0.4, 0.5) is 5.69 Å². The number of carbonyl (C=O) groups excluding carboxylic acids is 1. The van der Waals surface area contributed by atoms with E-state index in [-0.39, 0.29) is 11.4 Å². The van der Waals surface area contributed by atoms with Crippen LogP contribution in [0.25, 0.3) is 0 Å². The SMILES string of the molecule is O=C(CNC12CC3CC(CC(C3)C1)C2)Nc1ccccc1. The number of rotatable bonds is 4. The number of nitrogens with one attached hydrogen (secondary N) is 2. The third-order valence-corrected chi connectivity index (χ3v) is 5.72. The molecule has 0 saturated heterocycles. The summed E-state index contributed by atoms with van der Waals surface area (Å²) in [5, 5.41) is 6.61. The van der Waals surface area contributed by atoms with E-state index in [9.17, 15) is 4.79 Å². The number of para-hydroxylation sites is 1. The van der Waals surface area contributed by atoms with Crippen molar-refractivity contribution in [1.82, 2.24) is 5.32 Å². The van der Waals surface area contributed by atoms with Crippen molar-refractivity contribution in [3.8, 4) is 0 Å². The van der Waals surface area contributed by atoms with Crippen LogP contribution in [0.5, 0.6) is 0 Å². The molecule has 1 amide bonds. The maximum absolute atomic E-state index is 12.1. The van der Waals surface area contributed by atoms with Gasteiger partial charge in [0, 0.05) is 11.2 Å². The summed E-state index contributed by atoms with van der Waals surface area (Å²) < 4.78 is 0. The number of anilines is 1. The van der Waals surface area contributed by atoms with Gasteiger partial charge in [0.1, 0.15) is 0 Å². The van der Waals surface area contributed by atoms with Gasteiger partial charge in [-0.15, -0.1) is 0 Å². The van der Waals surface area contributed by atoms with Crippen molar-refractivity contribution in [2.45, 2.75) is 44.1 Å². The highest BCUT2D eigenvalue weighted by Crippen LogP contribution is 2.55. The monoisotopic (exact) mass is 284 g/mol. The highest BCUT2D eigenvalue weighted by molar-refractivity contribution is 5.92. The summed E-state index contributed by atoms with van der Waals surface area (Å²) in [6, 6.07) is 9.72. The minimum atomic E-state index is 0.0805. The van der Waals surface area contributed by atoms with E-state index < -0.39 is 0 Å². The van der Waals surface area contributed by atoms with Gasteiger partial charge in [-0.3, -0.25) is 4.79 Å². The summed E-state index contributed by atoms with van der Waals surface area (Å²) in [5.74, 6) is 2.83. The predicted octanol–water partition coefficient (Wildman–Crippen LogP) is 3.18. The molecule has 4 aliphatic carbocycles. The van der Waals surface area contributed by atoms with E-state index >= 15 is 0 Å². The second-order valence-electron chi connectivity index (χ2n) is 7.47. The first-order chi connectivity index (χ1) is 10.2. The topological polar surface area (TPSA) is 41.1 Å². The van der Waals surface area contributed by atoms with Crippen molar-refractivity contribution in [2.24, 2.45) is 17.8 Å². The van der Waals surface area contributed by atoms with Crippen molar-refractivity contribution >= 4 is 11.6 Å². The van der Waals surface area contributed by atoms with E-state index in [1.807, 2.05) is 30.3 Å². The summed E-state index contributed by atoms with van der Waals surface area (Å²) in [4.78, 5) is 12.1. The van der Waals surface area contributed by atoms with Gasteiger partial charge in [-0.25, -0.2) is 0 Å². The van der Waals surface area contributed by atoms with Gasteiger partial charge in [-0.1, -0.05) is 18.2 Å². The zero-order chi connectivity index (χ0) is 14.3. The molecule has 21 heavy (non-hydrogen) atoms. The van der Waals surface area contributed by atoms with Crippen LogP contribution in [-0.4, -0.2) is 18.0 Å². The molecule has 0 aliphatic heterocycles. The first-order valence-corrected chi connectivity index (χ1v) is 8.31. The summed E-state index contributed by atoms with van der Waals surface area (Å²) >= 11 is 0. The van der Waals surface area contributed by atoms with Crippen LogP contribution in [0, 0.1) is 17.8 Å². The Bertz CT molecular complexity index is 490. The average Bonchev–Trinajstić information content (AvgIpc) is 2.45. The maximum Gasteiger partial charge on any atom is 0.238 e. The molecule has 0 spiro atoms. The molecule has 0 heterocycles. The van der Waals surface area contributed by atoms with Gasteiger partial charge >= 0.3 is 0 Å². The van der Waals surface area contributed by atoms with Gasteiger partial charge in [0.2, 0.25) is 5.91 Å². The van der Waals surface area contributed by atoms with E-state index in [2.05, 4.69) is 10.6 Å². The Morgan fingerprint density at radius 1 is 1.00 bits per heavy atom. The molecule has 3 nitrogen and oxygen atoms in total. The summed E-state index contributed by atoms with van der Waals surface area (Å²) in [6.45, 7) is 0.445. The Balaban J connectivity index is 1.35. The normalized spacial score (nSPS) is 36.7. The predicted molar refractivity (Wildman–Crippen MR) is 84.0 cm³/mol. The minimum Gasteiger partial charge on any atom is -0.325 e. The molecule has 112 valence electrons. The van der Waals surface area contributed by atoms with Gasteiger partial charge in [-0.05, 0) is 68.4 Å². The van der Waals surface area contributed by atoms with Crippen molar-refractivity contribution < 1.29 is 4.79 Å². The number of hydrogen-bond donors (Lipinski definition) is 2. The molecule has 3 heteroatoms. The minimum absolute atomic E-state index is 0.0805. The third kappa shape index (κ3) is 2.71. The second kappa shape index (κ2) is 5.13. The second-order valence-corrected chi connectivity index (χ2v) is 7.47. The van der Waals surface area contributed by atoms with E-state index in [0.717, 1.165) is 23.4 Å². The Hall–Kier alpha value is -1.35. The summed E-state index contributed by atoms with van der Waals surface area (Å²) in [5.41, 5.74) is 1.15. The lowest BCUT2D eigenvalue weighted by Crippen LogP contribution is -2.59. The van der Waals surface area contributed by atoms with E-state index in [4.69, 9.17) is 0 Å². The Labute approximate surface area is 126 Å². The van der Waals surface area contributed by atoms with Crippen LogP contribution in [0.3, 0.4) is 0 Å². The molecule has 0 aromatic heterocycles. The molecular weight excluding hydrogens is 260 g/mol. The van der Waals surface area contributed by atoms with Crippen LogP contribution in [0.1, 0.15) is 38.5 Å². The molecule has 4 aliphatic rings. The highest BCUT2D eigenvalue weighted by atomic mass is 16.1. The van der Waals surface area contributed by atoms with E-state index in [1.165, 1.54) is 38.5 Å². The molecule has 4 bridgehead atoms. The first-order valence-electron chi connectivity index (χ1n) is 8.31. The highest BCUT2D eigenvalue weighted by Gasteiger charge is 2.50. The van der Waals surface area contributed by atoms with Crippen LogP contribution in [0.15, 0.2) is 30.3 Å². The fourth-order valence-electron chi connectivity index (χ4n) is 5.32. The van der Waals surface area contributed by atoms with Gasteiger partial charge < -0.3 is 10.6 Å². The maximum atomic E-state index is 12.1. The number of carbonyl (C=O) groups is 1. The number of amides is 1. The van der Waals surface area contributed by atoms with Crippen LogP contribution >= 0.6 is 0 Å². The molecule has 2 N–H and O–H groups in total. The molecule has 1 aromatic rings. The summed E-state index contributed by atoms with van der Waals surface area (Å²) in [7, 11) is 0. The largest absolute Gasteiger partial charge is 0.325 e. The van der Waals surface area contributed by atoms with Crippen molar-refractivity contribution in [3.63, 3.8) is 0 Å². The lowest BCUT2D eigenvalue weighted by molar-refractivity contribution is -0.116. The standard InChI is InChI=1S/C18H24N2O/c21-17(20-16-4-2-1-3-5-16)12-19-18-9-13-6-14(10-18)8-15(7-13)11-18/h1-5,13-15,19H,6-12H2,(H,20,21). The molecule has 4 saturated carbocycles. The molecular formula is C18H24N2O. The third-order valence-electron chi connectivity index (χ3n) is 5.72. The van der Waals surface area contributed by atoms with E-state index in [1.54, 1.807) is 0 Å². The molecule has 1 aromatic carbocycles. The summed E-state index contributed by atoms with van der Waals surface area (Å²) in [6.07, 6.45) is 8.19. The van der Waals surface area contributed by atoms with Crippen LogP contribution in [0.2, 0.25) is 0 Å². The first kappa shape index (κ1) is 13.3. The zero-order valence-corrected chi connectivity index (χ0v) is 12.5. The smallest absolute Gasteiger partial charge is 0.238 e. The molecule has 4 fully saturated rings. The number of benzene rings is 1. The Morgan fingerprint density at radius 2 is 1.57 bits per heavy atom. The lowest BCUT2D eigenvalue weighted by atomic mass is 9.53. The Kier molecular flexibility index (Phi) is 3.26. The van der Waals surface area contributed by atoms with Gasteiger partial charge in [-0.2, -0.15) is 0 Å². The molecule has 5 rings (SSSR count). The molecule has 0 radical (unpaired) electrons. The van der Waals surface area contributed by atoms with Crippen LogP contribution < -0.4 is 10.6 Å². The lowest BCUT2D eigenvalue weighted by Gasteiger charge is -2.57. The Morgan fingerprint density at radius 3 is 2.14 bits per heavy atom. The van der Waals surface area contributed by atoms with Crippen molar-refractivity contribution in [1.29, 1.82) is 0 Å². The molecule has 0 atom stereocenters. The fraction of sp³-hybridized carbons (Fsp3) is 0.611. The fourth-order valence-corrected chi connectivity index (χ4v) is 5.32. The van der Waals surface area contributed by atoms with Gasteiger partial charge in [0.15, 0.2) is 0 Å². The van der Waals surface area contributed by atoms with Crippen LogP contribution in [-0.2, 0) is 4.79 Å². The average molecular weight is 284 g/mol. The zero-order valence-electron chi connectivity index (χ0n) is 12.5. The van der Waals surface area contributed by atoms with Crippen molar-refractivity contribution in [3.05, 3.63) is 30.3 Å².